The van der Waals surface area contributed by atoms with Gasteiger partial charge >= 0.3 is 0 Å². The lowest BCUT2D eigenvalue weighted by Crippen LogP contribution is -2.44. The molecule has 0 unspecified atom stereocenters. The summed E-state index contributed by atoms with van der Waals surface area (Å²) in [5, 5.41) is 7.41. The van der Waals surface area contributed by atoms with E-state index in [1.807, 2.05) is 18.3 Å². The number of nitrogens with one attached hydrogen (secondary N) is 2. The van der Waals surface area contributed by atoms with Gasteiger partial charge in [-0.3, -0.25) is 5.10 Å². The SMILES string of the molecule is CN1CCN(c2ccnc3[nH]c(-c4cc(-c5cncnc5)[nH]n4)nc23)CC1. The fraction of sp³-hybridized carbons (Fsp3) is 0.278. The summed E-state index contributed by atoms with van der Waals surface area (Å²) in [6, 6.07) is 3.97. The molecule has 0 aromatic carbocycles. The van der Waals surface area contributed by atoms with Crippen LogP contribution in [0, 0.1) is 0 Å². The topological polar surface area (TPSA) is 103 Å². The Balaban J connectivity index is 1.50. The van der Waals surface area contributed by atoms with E-state index in [0.717, 1.165) is 60.0 Å². The molecule has 0 radical (unpaired) electrons. The zero-order valence-corrected chi connectivity index (χ0v) is 14.9. The Kier molecular flexibility index (Phi) is 3.79. The number of nitrogens with zero attached hydrogens (tertiary/aromatic N) is 7. The van der Waals surface area contributed by atoms with Crippen LogP contribution in [0.5, 0.6) is 0 Å². The summed E-state index contributed by atoms with van der Waals surface area (Å²) in [5.74, 6) is 0.693. The first-order chi connectivity index (χ1) is 13.3. The van der Waals surface area contributed by atoms with Crippen LogP contribution in [0.2, 0.25) is 0 Å². The minimum atomic E-state index is 0.693. The van der Waals surface area contributed by atoms with Gasteiger partial charge in [0.25, 0.3) is 0 Å². The molecule has 1 aliphatic heterocycles. The van der Waals surface area contributed by atoms with Crippen molar-refractivity contribution in [1.82, 2.24) is 40.0 Å². The fourth-order valence-electron chi connectivity index (χ4n) is 3.35. The van der Waals surface area contributed by atoms with Crippen molar-refractivity contribution in [2.24, 2.45) is 0 Å². The molecule has 0 aliphatic carbocycles. The number of fused-ring (bicyclic) bond motifs is 1. The van der Waals surface area contributed by atoms with Crippen LogP contribution in [0.25, 0.3) is 33.9 Å². The second kappa shape index (κ2) is 6.44. The third-order valence-corrected chi connectivity index (χ3v) is 4.90. The summed E-state index contributed by atoms with van der Waals surface area (Å²) in [6.07, 6.45) is 6.83. The van der Waals surface area contributed by atoms with Crippen LogP contribution in [0.15, 0.2) is 37.1 Å². The molecule has 5 rings (SSSR count). The van der Waals surface area contributed by atoms with Gasteiger partial charge in [0.05, 0.1) is 11.4 Å². The van der Waals surface area contributed by atoms with Gasteiger partial charge in [-0.05, 0) is 19.2 Å². The lowest BCUT2D eigenvalue weighted by atomic mass is 10.2. The first-order valence-corrected chi connectivity index (χ1v) is 8.87. The lowest BCUT2D eigenvalue weighted by molar-refractivity contribution is 0.313. The smallest absolute Gasteiger partial charge is 0.160 e. The quantitative estimate of drug-likeness (QED) is 0.571. The number of pyridine rings is 1. The first kappa shape index (κ1) is 15.9. The van der Waals surface area contributed by atoms with Crippen molar-refractivity contribution in [1.29, 1.82) is 0 Å². The average Bonchev–Trinajstić information content (AvgIpc) is 3.36. The molecular weight excluding hydrogens is 342 g/mol. The normalized spacial score (nSPS) is 15.5. The van der Waals surface area contributed by atoms with Crippen LogP contribution in [-0.4, -0.2) is 73.2 Å². The maximum Gasteiger partial charge on any atom is 0.160 e. The first-order valence-electron chi connectivity index (χ1n) is 8.87. The summed E-state index contributed by atoms with van der Waals surface area (Å²) in [7, 11) is 2.15. The van der Waals surface area contributed by atoms with Gasteiger partial charge in [0.15, 0.2) is 11.5 Å². The Morgan fingerprint density at radius 3 is 2.70 bits per heavy atom. The molecule has 9 heteroatoms. The number of aromatic nitrogens is 7. The van der Waals surface area contributed by atoms with E-state index in [1.54, 1.807) is 12.4 Å². The Labute approximate surface area is 155 Å². The fourth-order valence-corrected chi connectivity index (χ4v) is 3.35. The number of hydrogen-bond acceptors (Lipinski definition) is 7. The van der Waals surface area contributed by atoms with Gasteiger partial charge in [0.2, 0.25) is 0 Å². The summed E-state index contributed by atoms with van der Waals surface area (Å²) in [6.45, 7) is 4.06. The van der Waals surface area contributed by atoms with Crippen molar-refractivity contribution < 1.29 is 0 Å². The maximum absolute atomic E-state index is 4.80. The van der Waals surface area contributed by atoms with Crippen LogP contribution in [-0.2, 0) is 0 Å². The number of anilines is 1. The molecule has 1 fully saturated rings. The Morgan fingerprint density at radius 2 is 1.89 bits per heavy atom. The number of likely N-dealkylation sites (N-methyl/N-ethyl adjacent to an activating group) is 1. The van der Waals surface area contributed by atoms with Crippen LogP contribution in [0.4, 0.5) is 5.69 Å². The highest BCUT2D eigenvalue weighted by Crippen LogP contribution is 2.28. The predicted molar refractivity (Wildman–Crippen MR) is 102 cm³/mol. The molecule has 0 atom stereocenters. The largest absolute Gasteiger partial charge is 0.367 e. The minimum absolute atomic E-state index is 0.693. The van der Waals surface area contributed by atoms with E-state index in [-0.39, 0.29) is 0 Å². The molecule has 0 saturated carbocycles. The van der Waals surface area contributed by atoms with Crippen LogP contribution in [0.1, 0.15) is 0 Å². The molecule has 1 aliphatic rings. The zero-order chi connectivity index (χ0) is 18.2. The third kappa shape index (κ3) is 2.91. The second-order valence-electron chi connectivity index (χ2n) is 6.70. The van der Waals surface area contributed by atoms with Gasteiger partial charge in [-0.15, -0.1) is 0 Å². The summed E-state index contributed by atoms with van der Waals surface area (Å²) < 4.78 is 0. The number of piperazine rings is 1. The minimum Gasteiger partial charge on any atom is -0.367 e. The molecule has 0 amide bonds. The number of rotatable bonds is 3. The van der Waals surface area contributed by atoms with E-state index >= 15 is 0 Å². The van der Waals surface area contributed by atoms with Crippen LogP contribution < -0.4 is 4.90 Å². The molecular formula is C18H19N9. The van der Waals surface area contributed by atoms with Gasteiger partial charge in [-0.2, -0.15) is 5.10 Å². The number of aromatic amines is 2. The van der Waals surface area contributed by atoms with Gasteiger partial charge in [-0.1, -0.05) is 0 Å². The Morgan fingerprint density at radius 1 is 1.07 bits per heavy atom. The molecule has 0 spiro atoms. The van der Waals surface area contributed by atoms with Gasteiger partial charge in [-0.25, -0.2) is 19.9 Å². The van der Waals surface area contributed by atoms with E-state index in [9.17, 15) is 0 Å². The van der Waals surface area contributed by atoms with Crippen molar-refractivity contribution in [3.8, 4) is 22.8 Å². The number of imidazole rings is 1. The van der Waals surface area contributed by atoms with Gasteiger partial charge in [0.1, 0.15) is 17.5 Å². The molecule has 27 heavy (non-hydrogen) atoms. The Bertz CT molecular complexity index is 1060. The standard InChI is InChI=1S/C18H19N9/c1-26-4-6-27(7-5-26)15-2-3-21-18-16(15)22-17(23-18)14-8-13(24-25-14)12-9-19-11-20-10-12/h2-3,8-11H,4-7H2,1H3,(H,24,25)(H,21,22,23). The highest BCUT2D eigenvalue weighted by atomic mass is 15.3. The van der Waals surface area contributed by atoms with E-state index in [4.69, 9.17) is 4.98 Å². The molecule has 136 valence electrons. The average molecular weight is 361 g/mol. The van der Waals surface area contributed by atoms with Crippen molar-refractivity contribution in [2.45, 2.75) is 0 Å². The summed E-state index contributed by atoms with van der Waals surface area (Å²) in [4.78, 5) is 25.3. The second-order valence-corrected chi connectivity index (χ2v) is 6.70. The van der Waals surface area contributed by atoms with E-state index in [2.05, 4.69) is 47.0 Å². The van der Waals surface area contributed by atoms with Crippen molar-refractivity contribution in [3.63, 3.8) is 0 Å². The van der Waals surface area contributed by atoms with Crippen LogP contribution >= 0.6 is 0 Å². The van der Waals surface area contributed by atoms with E-state index < -0.39 is 0 Å². The predicted octanol–water partition coefficient (Wildman–Crippen LogP) is 1.56. The highest BCUT2D eigenvalue weighted by molar-refractivity contribution is 5.88. The summed E-state index contributed by atoms with van der Waals surface area (Å²) in [5.41, 5.74) is 5.22. The third-order valence-electron chi connectivity index (χ3n) is 4.90. The van der Waals surface area contributed by atoms with Crippen molar-refractivity contribution in [2.75, 3.05) is 38.1 Å². The van der Waals surface area contributed by atoms with E-state index in [1.165, 1.54) is 6.33 Å². The molecule has 4 aromatic heterocycles. The molecule has 9 nitrogen and oxygen atoms in total. The van der Waals surface area contributed by atoms with Gasteiger partial charge in [0, 0.05) is 50.3 Å². The van der Waals surface area contributed by atoms with Crippen molar-refractivity contribution >= 4 is 16.9 Å². The number of hydrogen-bond donors (Lipinski definition) is 2. The highest BCUT2D eigenvalue weighted by Gasteiger charge is 2.19. The molecule has 0 bridgehead atoms. The van der Waals surface area contributed by atoms with Crippen molar-refractivity contribution in [3.05, 3.63) is 37.1 Å². The lowest BCUT2D eigenvalue weighted by Gasteiger charge is -2.33. The molecule has 2 N–H and O–H groups in total. The van der Waals surface area contributed by atoms with Crippen LogP contribution in [0.3, 0.4) is 0 Å². The summed E-state index contributed by atoms with van der Waals surface area (Å²) >= 11 is 0. The number of H-pyrrole nitrogens is 2. The Hall–Kier alpha value is -3.33. The van der Waals surface area contributed by atoms with E-state index in [0.29, 0.717) is 5.82 Å². The molecule has 1 saturated heterocycles. The van der Waals surface area contributed by atoms with Gasteiger partial charge < -0.3 is 14.8 Å². The maximum atomic E-state index is 4.80. The molecule has 5 heterocycles. The molecule has 4 aromatic rings. The zero-order valence-electron chi connectivity index (χ0n) is 14.9. The monoisotopic (exact) mass is 361 g/mol.